The van der Waals surface area contributed by atoms with Crippen LogP contribution in [0.2, 0.25) is 0 Å². The van der Waals surface area contributed by atoms with E-state index in [1.807, 2.05) is 11.3 Å². The van der Waals surface area contributed by atoms with Crippen molar-refractivity contribution in [2.24, 2.45) is 0 Å². The molecule has 1 aliphatic carbocycles. The summed E-state index contributed by atoms with van der Waals surface area (Å²) in [6, 6.07) is 0. The molecular weight excluding hydrogens is 220 g/mol. The minimum absolute atomic E-state index is 1.04. The van der Waals surface area contributed by atoms with Gasteiger partial charge in [0, 0.05) is 10.2 Å². The number of thiophene rings is 1. The first kappa shape index (κ1) is 7.81. The van der Waals surface area contributed by atoms with Crippen LogP contribution in [0.3, 0.4) is 0 Å². The monoisotopic (exact) mass is 230 g/mol. The molecule has 0 aromatic carbocycles. The SMILES string of the molecule is BrCc1csc2c1CCCC2. The third-order valence-electron chi connectivity index (χ3n) is 2.29. The summed E-state index contributed by atoms with van der Waals surface area (Å²) in [5.74, 6) is 0. The van der Waals surface area contributed by atoms with Crippen molar-refractivity contribution in [3.8, 4) is 0 Å². The minimum Gasteiger partial charge on any atom is -0.148 e. The number of fused-ring (bicyclic) bond motifs is 1. The first-order valence-electron chi connectivity index (χ1n) is 4.06. The summed E-state index contributed by atoms with van der Waals surface area (Å²) in [5, 5.41) is 3.35. The maximum absolute atomic E-state index is 3.52. The van der Waals surface area contributed by atoms with Crippen LogP contribution in [0.15, 0.2) is 5.38 Å². The van der Waals surface area contributed by atoms with Gasteiger partial charge in [-0.2, -0.15) is 0 Å². The van der Waals surface area contributed by atoms with Crippen LogP contribution in [0.1, 0.15) is 28.8 Å². The highest BCUT2D eigenvalue weighted by Crippen LogP contribution is 2.31. The van der Waals surface area contributed by atoms with E-state index in [2.05, 4.69) is 21.3 Å². The molecule has 1 heterocycles. The van der Waals surface area contributed by atoms with Crippen LogP contribution in [0.5, 0.6) is 0 Å². The van der Waals surface area contributed by atoms with E-state index >= 15 is 0 Å². The summed E-state index contributed by atoms with van der Waals surface area (Å²) >= 11 is 5.47. The van der Waals surface area contributed by atoms with E-state index in [1.165, 1.54) is 31.2 Å². The summed E-state index contributed by atoms with van der Waals surface area (Å²) in [6.07, 6.45) is 5.44. The molecule has 0 saturated heterocycles. The second-order valence-electron chi connectivity index (χ2n) is 3.00. The zero-order valence-corrected chi connectivity index (χ0v) is 8.80. The summed E-state index contributed by atoms with van der Waals surface area (Å²) in [5.41, 5.74) is 3.18. The van der Waals surface area contributed by atoms with E-state index in [0.29, 0.717) is 0 Å². The van der Waals surface area contributed by atoms with Crippen molar-refractivity contribution >= 4 is 27.3 Å². The lowest BCUT2D eigenvalue weighted by molar-refractivity contribution is 0.694. The average Bonchev–Trinajstić information content (AvgIpc) is 2.47. The van der Waals surface area contributed by atoms with Crippen molar-refractivity contribution in [3.63, 3.8) is 0 Å². The van der Waals surface area contributed by atoms with E-state index in [4.69, 9.17) is 0 Å². The zero-order valence-electron chi connectivity index (χ0n) is 6.40. The molecule has 0 atom stereocenters. The van der Waals surface area contributed by atoms with Crippen LogP contribution in [0.4, 0.5) is 0 Å². The molecule has 60 valence electrons. The molecular formula is C9H11BrS. The van der Waals surface area contributed by atoms with Crippen molar-refractivity contribution in [2.45, 2.75) is 31.0 Å². The molecule has 0 fully saturated rings. The van der Waals surface area contributed by atoms with Gasteiger partial charge in [-0.3, -0.25) is 0 Å². The molecule has 0 unspecified atom stereocenters. The van der Waals surface area contributed by atoms with Crippen LogP contribution in [-0.4, -0.2) is 0 Å². The molecule has 2 heteroatoms. The predicted molar refractivity (Wildman–Crippen MR) is 53.6 cm³/mol. The molecule has 1 aliphatic rings. The lowest BCUT2D eigenvalue weighted by Crippen LogP contribution is -1.99. The number of alkyl halides is 1. The maximum atomic E-state index is 3.52. The van der Waals surface area contributed by atoms with Gasteiger partial charge < -0.3 is 0 Å². The quantitative estimate of drug-likeness (QED) is 0.648. The third-order valence-corrected chi connectivity index (χ3v) is 4.03. The van der Waals surface area contributed by atoms with Gasteiger partial charge in [0.2, 0.25) is 0 Å². The summed E-state index contributed by atoms with van der Waals surface area (Å²) < 4.78 is 0. The zero-order chi connectivity index (χ0) is 7.68. The highest BCUT2D eigenvalue weighted by Gasteiger charge is 2.13. The lowest BCUT2D eigenvalue weighted by atomic mass is 9.97. The van der Waals surface area contributed by atoms with Crippen molar-refractivity contribution in [3.05, 3.63) is 21.4 Å². The summed E-state index contributed by atoms with van der Waals surface area (Å²) in [4.78, 5) is 1.64. The number of rotatable bonds is 1. The molecule has 0 radical (unpaired) electrons. The third kappa shape index (κ3) is 1.38. The smallest absolute Gasteiger partial charge is 0.0294 e. The second kappa shape index (κ2) is 3.28. The Morgan fingerprint density at radius 2 is 2.18 bits per heavy atom. The largest absolute Gasteiger partial charge is 0.148 e. The molecule has 1 aromatic heterocycles. The fraction of sp³-hybridized carbons (Fsp3) is 0.556. The van der Waals surface area contributed by atoms with Crippen molar-refractivity contribution in [1.82, 2.24) is 0 Å². The van der Waals surface area contributed by atoms with Gasteiger partial charge in [-0.05, 0) is 42.2 Å². The Morgan fingerprint density at radius 1 is 1.36 bits per heavy atom. The van der Waals surface area contributed by atoms with Crippen molar-refractivity contribution < 1.29 is 0 Å². The molecule has 1 aromatic rings. The standard InChI is InChI=1S/C9H11BrS/c10-5-7-6-11-9-4-2-1-3-8(7)9/h6H,1-5H2. The normalized spacial score (nSPS) is 16.5. The highest BCUT2D eigenvalue weighted by atomic mass is 79.9. The Kier molecular flexibility index (Phi) is 2.33. The van der Waals surface area contributed by atoms with Gasteiger partial charge in [0.05, 0.1) is 0 Å². The Labute approximate surface area is 79.8 Å². The Morgan fingerprint density at radius 3 is 3.00 bits per heavy atom. The molecule has 0 bridgehead atoms. The van der Waals surface area contributed by atoms with Crippen LogP contribution in [0, 0.1) is 0 Å². The molecule has 0 amide bonds. The van der Waals surface area contributed by atoms with Gasteiger partial charge >= 0.3 is 0 Å². The van der Waals surface area contributed by atoms with E-state index < -0.39 is 0 Å². The van der Waals surface area contributed by atoms with E-state index in [9.17, 15) is 0 Å². The average molecular weight is 231 g/mol. The molecule has 0 spiro atoms. The van der Waals surface area contributed by atoms with Gasteiger partial charge in [0.1, 0.15) is 0 Å². The molecule has 0 aliphatic heterocycles. The van der Waals surface area contributed by atoms with Gasteiger partial charge in [-0.15, -0.1) is 11.3 Å². The van der Waals surface area contributed by atoms with Crippen LogP contribution >= 0.6 is 27.3 Å². The molecule has 11 heavy (non-hydrogen) atoms. The van der Waals surface area contributed by atoms with Gasteiger partial charge in [-0.1, -0.05) is 15.9 Å². The maximum Gasteiger partial charge on any atom is 0.0294 e. The van der Waals surface area contributed by atoms with Crippen molar-refractivity contribution in [1.29, 1.82) is 0 Å². The van der Waals surface area contributed by atoms with E-state index in [1.54, 1.807) is 10.4 Å². The fourth-order valence-corrected chi connectivity index (χ4v) is 3.54. The van der Waals surface area contributed by atoms with E-state index in [-0.39, 0.29) is 0 Å². The van der Waals surface area contributed by atoms with Gasteiger partial charge in [-0.25, -0.2) is 0 Å². The molecule has 0 N–H and O–H groups in total. The molecule has 0 nitrogen and oxygen atoms in total. The van der Waals surface area contributed by atoms with E-state index in [0.717, 1.165) is 5.33 Å². The lowest BCUT2D eigenvalue weighted by Gasteiger charge is -2.11. The minimum atomic E-state index is 1.04. The highest BCUT2D eigenvalue weighted by molar-refractivity contribution is 9.08. The van der Waals surface area contributed by atoms with Crippen LogP contribution < -0.4 is 0 Å². The van der Waals surface area contributed by atoms with Crippen LogP contribution in [0.25, 0.3) is 0 Å². The molecule has 0 saturated carbocycles. The first-order chi connectivity index (χ1) is 5.42. The number of hydrogen-bond donors (Lipinski definition) is 0. The first-order valence-corrected chi connectivity index (χ1v) is 6.06. The Bertz CT molecular complexity index is 239. The summed E-state index contributed by atoms with van der Waals surface area (Å²) in [7, 11) is 0. The second-order valence-corrected chi connectivity index (χ2v) is 4.53. The number of hydrogen-bond acceptors (Lipinski definition) is 1. The molecule has 2 rings (SSSR count). The van der Waals surface area contributed by atoms with Crippen molar-refractivity contribution in [2.75, 3.05) is 0 Å². The summed E-state index contributed by atoms with van der Waals surface area (Å²) in [6.45, 7) is 0. The number of halogens is 1. The van der Waals surface area contributed by atoms with Gasteiger partial charge in [0.25, 0.3) is 0 Å². The predicted octanol–water partition coefficient (Wildman–Crippen LogP) is 3.52. The Balaban J connectivity index is 2.38. The number of aryl methyl sites for hydroxylation is 1. The topological polar surface area (TPSA) is 0 Å². The van der Waals surface area contributed by atoms with Crippen LogP contribution in [-0.2, 0) is 18.2 Å². The van der Waals surface area contributed by atoms with Gasteiger partial charge in [0.15, 0.2) is 0 Å². The Hall–Kier alpha value is 0.180. The fourth-order valence-electron chi connectivity index (χ4n) is 1.67.